The van der Waals surface area contributed by atoms with E-state index < -0.39 is 17.7 Å². The molecule has 0 spiro atoms. The second-order valence-corrected chi connectivity index (χ2v) is 9.06. The molecule has 2 heterocycles. The minimum atomic E-state index is -1.04. The summed E-state index contributed by atoms with van der Waals surface area (Å²) in [5, 5.41) is 7.21. The number of nitrogens with two attached hydrogens (primary N) is 1. The Hall–Kier alpha value is -3.02. The van der Waals surface area contributed by atoms with Crippen LogP contribution >= 0.6 is 11.8 Å². The van der Waals surface area contributed by atoms with Gasteiger partial charge in [0.25, 0.3) is 5.91 Å². The Morgan fingerprint density at radius 1 is 1.15 bits per heavy atom. The van der Waals surface area contributed by atoms with Crippen molar-refractivity contribution < 1.29 is 18.4 Å². The lowest BCUT2D eigenvalue weighted by atomic mass is 10.2. The number of pyridine rings is 1. The molecule has 1 aliphatic heterocycles. The van der Waals surface area contributed by atoms with Crippen molar-refractivity contribution in [1.82, 2.24) is 20.1 Å². The number of rotatable bonds is 9. The number of halogens is 2. The first-order valence-electron chi connectivity index (χ1n) is 10.7. The predicted octanol–water partition coefficient (Wildman–Crippen LogP) is 2.99. The Morgan fingerprint density at radius 3 is 2.56 bits per heavy atom. The lowest BCUT2D eigenvalue weighted by Crippen LogP contribution is -2.36. The monoisotopic (exact) mass is 490 g/mol. The fourth-order valence-corrected chi connectivity index (χ4v) is 4.11. The smallest absolute Gasteiger partial charge is 0.322 e. The van der Waals surface area contributed by atoms with Gasteiger partial charge in [0, 0.05) is 42.5 Å². The summed E-state index contributed by atoms with van der Waals surface area (Å²) < 4.78 is 26.7. The van der Waals surface area contributed by atoms with E-state index in [2.05, 4.69) is 15.6 Å². The molecule has 0 fully saturated rings. The van der Waals surface area contributed by atoms with Crippen molar-refractivity contribution in [3.63, 3.8) is 0 Å². The van der Waals surface area contributed by atoms with Crippen LogP contribution in [0.3, 0.4) is 0 Å². The molecule has 182 valence electrons. The van der Waals surface area contributed by atoms with Gasteiger partial charge in [-0.2, -0.15) is 0 Å². The lowest BCUT2D eigenvalue weighted by molar-refractivity contribution is 0.0959. The number of nitrogens with one attached hydrogen (secondary N) is 2. The first kappa shape index (κ1) is 25.6. The van der Waals surface area contributed by atoms with Crippen LogP contribution in [-0.4, -0.2) is 65.7 Å². The Labute approximate surface area is 201 Å². The van der Waals surface area contributed by atoms with Crippen molar-refractivity contribution in [2.75, 3.05) is 38.3 Å². The quantitative estimate of drug-likeness (QED) is 0.499. The Bertz CT molecular complexity index is 1050. The molecule has 8 nitrogen and oxygen atoms in total. The predicted molar refractivity (Wildman–Crippen MR) is 129 cm³/mol. The van der Waals surface area contributed by atoms with Gasteiger partial charge in [0.1, 0.15) is 5.69 Å². The van der Waals surface area contributed by atoms with Crippen LogP contribution in [0.1, 0.15) is 22.5 Å². The van der Waals surface area contributed by atoms with Gasteiger partial charge in [0.15, 0.2) is 11.6 Å². The maximum Gasteiger partial charge on any atom is 0.322 e. The number of carbonyl (C=O) groups is 2. The summed E-state index contributed by atoms with van der Waals surface area (Å²) in [5.74, 6) is -1.66. The molecular formula is C23H28F2N6O2S. The zero-order valence-electron chi connectivity index (χ0n) is 19.1. The number of hydrogen-bond donors (Lipinski definition) is 3. The summed E-state index contributed by atoms with van der Waals surface area (Å²) in [4.78, 5) is 33.1. The van der Waals surface area contributed by atoms with Crippen molar-refractivity contribution in [2.24, 2.45) is 5.73 Å². The summed E-state index contributed by atoms with van der Waals surface area (Å²) in [7, 11) is 3.87. The molecule has 4 N–H and O–H groups in total. The topological polar surface area (TPSA) is 104 Å². The van der Waals surface area contributed by atoms with E-state index in [-0.39, 0.29) is 29.9 Å². The van der Waals surface area contributed by atoms with Gasteiger partial charge in [-0.15, -0.1) is 11.8 Å². The van der Waals surface area contributed by atoms with Crippen LogP contribution < -0.4 is 16.4 Å². The van der Waals surface area contributed by atoms with Crippen molar-refractivity contribution in [2.45, 2.75) is 19.0 Å². The minimum Gasteiger partial charge on any atom is -0.322 e. The van der Waals surface area contributed by atoms with E-state index in [0.717, 1.165) is 24.4 Å². The first-order valence-corrected chi connectivity index (χ1v) is 11.8. The van der Waals surface area contributed by atoms with Gasteiger partial charge in [-0.3, -0.25) is 9.78 Å². The molecule has 1 aromatic heterocycles. The van der Waals surface area contributed by atoms with Crippen LogP contribution in [0.5, 0.6) is 0 Å². The molecule has 1 aliphatic rings. The van der Waals surface area contributed by atoms with Crippen LogP contribution in [0.25, 0.3) is 0 Å². The molecule has 0 saturated carbocycles. The molecule has 34 heavy (non-hydrogen) atoms. The number of hydrogen-bond acceptors (Lipinski definition) is 6. The SMILES string of the molecule is CN(C)CCCN(Cc1ccc(C(=O)NC2=CSCC2N)nc1)C(=O)Nc1ccc(F)c(F)c1. The van der Waals surface area contributed by atoms with Crippen LogP contribution in [0, 0.1) is 11.6 Å². The number of carbonyl (C=O) groups excluding carboxylic acids is 2. The third-order valence-electron chi connectivity index (χ3n) is 5.07. The Morgan fingerprint density at radius 2 is 1.94 bits per heavy atom. The van der Waals surface area contributed by atoms with Gasteiger partial charge < -0.3 is 26.2 Å². The standard InChI is InChI=1S/C23H28F2N6O2S/c1-30(2)8-3-9-31(23(33)28-16-5-6-17(24)18(25)10-16)12-15-4-7-20(27-11-15)22(32)29-21-14-34-13-19(21)26/h4-7,10-11,14,19H,3,8-9,12-13,26H2,1-2H3,(H,28,33)(H,29,32). The van der Waals surface area contributed by atoms with Crippen LogP contribution in [0.4, 0.5) is 19.3 Å². The average Bonchev–Trinajstić information content (AvgIpc) is 3.20. The zero-order valence-corrected chi connectivity index (χ0v) is 19.9. The number of amides is 3. The summed E-state index contributed by atoms with van der Waals surface area (Å²) in [6, 6.07) is 5.84. The van der Waals surface area contributed by atoms with Gasteiger partial charge in [-0.05, 0) is 56.2 Å². The van der Waals surface area contributed by atoms with E-state index in [4.69, 9.17) is 5.73 Å². The van der Waals surface area contributed by atoms with E-state index in [0.29, 0.717) is 24.2 Å². The summed E-state index contributed by atoms with van der Waals surface area (Å²) in [6.07, 6.45) is 2.25. The van der Waals surface area contributed by atoms with Gasteiger partial charge in [-0.1, -0.05) is 6.07 Å². The van der Waals surface area contributed by atoms with Gasteiger partial charge >= 0.3 is 6.03 Å². The first-order chi connectivity index (χ1) is 16.2. The van der Waals surface area contributed by atoms with E-state index in [1.54, 1.807) is 28.8 Å². The number of benzene rings is 1. The van der Waals surface area contributed by atoms with Gasteiger partial charge in [-0.25, -0.2) is 13.6 Å². The lowest BCUT2D eigenvalue weighted by Gasteiger charge is -2.24. The molecule has 2 aromatic rings. The molecule has 11 heteroatoms. The molecule has 1 atom stereocenters. The average molecular weight is 491 g/mol. The van der Waals surface area contributed by atoms with E-state index in [1.165, 1.54) is 12.3 Å². The van der Waals surface area contributed by atoms with E-state index in [9.17, 15) is 18.4 Å². The molecule has 0 bridgehead atoms. The minimum absolute atomic E-state index is 0.157. The summed E-state index contributed by atoms with van der Waals surface area (Å²) in [5.41, 5.74) is 7.71. The van der Waals surface area contributed by atoms with Gasteiger partial charge in [0.05, 0.1) is 6.04 Å². The molecule has 0 radical (unpaired) electrons. The number of urea groups is 1. The molecule has 0 aliphatic carbocycles. The fraction of sp³-hybridized carbons (Fsp3) is 0.348. The molecule has 1 unspecified atom stereocenters. The highest BCUT2D eigenvalue weighted by Gasteiger charge is 2.20. The molecule has 1 aromatic carbocycles. The Balaban J connectivity index is 1.66. The molecule has 3 rings (SSSR count). The number of aromatic nitrogens is 1. The number of thioether (sulfide) groups is 1. The second-order valence-electron chi connectivity index (χ2n) is 8.16. The third kappa shape index (κ3) is 7.24. The fourth-order valence-electron chi connectivity index (χ4n) is 3.22. The maximum absolute atomic E-state index is 13.5. The van der Waals surface area contributed by atoms with E-state index >= 15 is 0 Å². The second kappa shape index (κ2) is 11.9. The molecule has 3 amide bonds. The van der Waals surface area contributed by atoms with Crippen LogP contribution in [0.15, 0.2) is 47.6 Å². The highest BCUT2D eigenvalue weighted by molar-refractivity contribution is 8.02. The number of anilines is 1. The number of nitrogens with zero attached hydrogens (tertiary/aromatic N) is 3. The molecular weight excluding hydrogens is 462 g/mol. The highest BCUT2D eigenvalue weighted by Crippen LogP contribution is 2.19. The van der Waals surface area contributed by atoms with Crippen molar-refractivity contribution in [3.05, 3.63) is 70.5 Å². The van der Waals surface area contributed by atoms with Gasteiger partial charge in [0.2, 0.25) is 0 Å². The van der Waals surface area contributed by atoms with Crippen molar-refractivity contribution >= 4 is 29.4 Å². The van der Waals surface area contributed by atoms with Crippen LogP contribution in [0.2, 0.25) is 0 Å². The van der Waals surface area contributed by atoms with Crippen LogP contribution in [-0.2, 0) is 6.54 Å². The van der Waals surface area contributed by atoms with E-state index in [1.807, 2.05) is 24.4 Å². The Kier molecular flexibility index (Phi) is 8.97. The zero-order chi connectivity index (χ0) is 24.7. The largest absolute Gasteiger partial charge is 0.322 e. The third-order valence-corrected chi connectivity index (χ3v) is 6.04. The summed E-state index contributed by atoms with van der Waals surface area (Å²) >= 11 is 1.54. The maximum atomic E-state index is 13.5. The van der Waals surface area contributed by atoms with Crippen molar-refractivity contribution in [1.29, 1.82) is 0 Å². The summed E-state index contributed by atoms with van der Waals surface area (Å²) in [6.45, 7) is 1.42. The molecule has 0 saturated heterocycles. The van der Waals surface area contributed by atoms with Crippen molar-refractivity contribution in [3.8, 4) is 0 Å². The highest BCUT2D eigenvalue weighted by atomic mass is 32.2. The normalized spacial score (nSPS) is 15.2.